The number of ether oxygens (including phenoxy) is 1. The van der Waals surface area contributed by atoms with Crippen LogP contribution in [-0.4, -0.2) is 26.2 Å². The summed E-state index contributed by atoms with van der Waals surface area (Å²) in [6, 6.07) is 0. The Morgan fingerprint density at radius 1 is 1.80 bits per heavy atom. The van der Waals surface area contributed by atoms with E-state index in [0.29, 0.717) is 26.0 Å². The molecule has 60 valence electrons. The molecule has 0 aliphatic carbocycles. The average molecular weight is 147 g/mol. The summed E-state index contributed by atoms with van der Waals surface area (Å²) < 4.78 is 11.7. The first kappa shape index (κ1) is 7.54. The summed E-state index contributed by atoms with van der Waals surface area (Å²) in [7, 11) is 1.66. The highest BCUT2D eigenvalue weighted by Gasteiger charge is 1.98. The zero-order chi connectivity index (χ0) is 8.69. The Labute approximate surface area is 63.2 Å². The highest BCUT2D eigenvalue weighted by molar-refractivity contribution is 5.69. The van der Waals surface area contributed by atoms with E-state index in [1.807, 2.05) is 0 Å². The monoisotopic (exact) mass is 147 g/mol. The predicted octanol–water partition coefficient (Wildman–Crippen LogP) is 0.549. The quantitative estimate of drug-likeness (QED) is 0.577. The van der Waals surface area contributed by atoms with E-state index in [4.69, 9.17) is 6.15 Å². The summed E-state index contributed by atoms with van der Waals surface area (Å²) in [5, 5.41) is 1.30. The minimum atomic E-state index is -0.172. The molecule has 0 saturated heterocycles. The van der Waals surface area contributed by atoms with Crippen LogP contribution in [0.4, 0.5) is 0 Å². The zero-order valence-corrected chi connectivity index (χ0v) is 6.59. The summed E-state index contributed by atoms with van der Waals surface area (Å²) in [5.74, 6) is -0.172. The molecule has 3 nitrogen and oxygen atoms in total. The lowest BCUT2D eigenvalue weighted by atomic mass is 10.3. The minimum Gasteiger partial charge on any atom is -0.466 e. The maximum Gasteiger partial charge on any atom is 0.305 e. The third-order valence-corrected chi connectivity index (χ3v) is 1.07. The Morgan fingerprint density at radius 3 is 3.00 bits per heavy atom. The van der Waals surface area contributed by atoms with Crippen LogP contribution in [0.5, 0.6) is 0 Å². The van der Waals surface area contributed by atoms with Gasteiger partial charge in [-0.15, -0.1) is 0 Å². The van der Waals surface area contributed by atoms with E-state index in [0.717, 1.165) is 0 Å². The van der Waals surface area contributed by atoms with Crippen molar-refractivity contribution in [3.05, 3.63) is 0 Å². The molecule has 0 radical (unpaired) electrons. The standard InChI is InChI=1S/C7H15NO2/c1-3-10-7(9)5-4-6-8-2/h8H,3-6H2,1-2H3/i/hT. The highest BCUT2D eigenvalue weighted by atomic mass is 16.5. The lowest BCUT2D eigenvalue weighted by Crippen LogP contribution is -2.11. The smallest absolute Gasteiger partial charge is 0.305 e. The Balaban J connectivity index is 3.17. The molecular formula is C7H15NO2. The molecule has 1 N–H and O–H groups in total. The molecule has 0 aromatic heterocycles. The molecule has 0 atom stereocenters. The number of nitrogens with one attached hydrogen (secondary N) is 1. The molecule has 0 rings (SSSR count). The molecule has 0 unspecified atom stereocenters. The molecule has 0 amide bonds. The van der Waals surface area contributed by atoms with Crippen molar-refractivity contribution in [3.8, 4) is 0 Å². The molecule has 0 aliphatic rings. The average Bonchev–Trinajstić information content (AvgIpc) is 1.87. The molecule has 0 aromatic carbocycles. The Kier molecular flexibility index (Phi) is 4.94. The SMILES string of the molecule is [3H]N(C)CCCC(=O)OCC. The molecule has 10 heavy (non-hydrogen) atoms. The summed E-state index contributed by atoms with van der Waals surface area (Å²) >= 11 is 0. The van der Waals surface area contributed by atoms with Crippen molar-refractivity contribution >= 4 is 5.97 Å². The van der Waals surface area contributed by atoms with Gasteiger partial charge in [-0.25, -0.2) is 0 Å². The second kappa shape index (κ2) is 6.55. The van der Waals surface area contributed by atoms with Gasteiger partial charge in [-0.05, 0) is 26.9 Å². The summed E-state index contributed by atoms with van der Waals surface area (Å²) in [6.07, 6.45) is 1.11. The number of esters is 1. The van der Waals surface area contributed by atoms with Crippen molar-refractivity contribution in [3.63, 3.8) is 0 Å². The van der Waals surface area contributed by atoms with Crippen LogP contribution in [0.15, 0.2) is 0 Å². The van der Waals surface area contributed by atoms with Gasteiger partial charge in [-0.2, -0.15) is 0 Å². The maximum absolute atomic E-state index is 10.7. The van der Waals surface area contributed by atoms with Crippen molar-refractivity contribution in [2.24, 2.45) is 0 Å². The Bertz CT molecular complexity index is 117. The van der Waals surface area contributed by atoms with Gasteiger partial charge in [0.1, 0.15) is 1.41 Å². The number of hydrogen-bond acceptors (Lipinski definition) is 3. The molecule has 0 heterocycles. The second-order valence-corrected chi connectivity index (χ2v) is 1.95. The summed E-state index contributed by atoms with van der Waals surface area (Å²) in [4.78, 5) is 10.7. The molecule has 0 spiro atoms. The Hall–Kier alpha value is -0.570. The van der Waals surface area contributed by atoms with Crippen LogP contribution in [0.25, 0.3) is 0 Å². The molecule has 3 heteroatoms. The first-order valence-corrected chi connectivity index (χ1v) is 3.52. The summed E-state index contributed by atoms with van der Waals surface area (Å²) in [5.41, 5.74) is 0. The van der Waals surface area contributed by atoms with E-state index in [1.165, 1.54) is 5.31 Å². The van der Waals surface area contributed by atoms with E-state index in [-0.39, 0.29) is 5.97 Å². The number of carbonyl (C=O) groups excluding carboxylic acids is 1. The van der Waals surface area contributed by atoms with Crippen LogP contribution < -0.4 is 5.31 Å². The van der Waals surface area contributed by atoms with Crippen molar-refractivity contribution in [1.29, 1.82) is 0 Å². The van der Waals surface area contributed by atoms with Crippen LogP contribution in [-0.2, 0) is 9.53 Å². The van der Waals surface area contributed by atoms with Crippen molar-refractivity contribution in [2.75, 3.05) is 20.2 Å². The minimum absolute atomic E-state index is 0.172. The van der Waals surface area contributed by atoms with Gasteiger partial charge < -0.3 is 10.0 Å². The summed E-state index contributed by atoms with van der Waals surface area (Å²) in [6.45, 7) is 2.84. The molecule has 0 aliphatic heterocycles. The predicted molar refractivity (Wildman–Crippen MR) is 39.8 cm³/mol. The number of hydrogen-bond donors (Lipinski definition) is 1. The van der Waals surface area contributed by atoms with Gasteiger partial charge in [0.25, 0.3) is 0 Å². The lowest BCUT2D eigenvalue weighted by Gasteiger charge is -1.99. The van der Waals surface area contributed by atoms with E-state index < -0.39 is 0 Å². The van der Waals surface area contributed by atoms with Gasteiger partial charge in [-0.1, -0.05) is 0 Å². The third-order valence-electron chi connectivity index (χ3n) is 1.07. The van der Waals surface area contributed by atoms with Gasteiger partial charge in [0.2, 0.25) is 0 Å². The van der Waals surface area contributed by atoms with Crippen LogP contribution in [0.1, 0.15) is 19.8 Å². The first-order chi connectivity index (χ1) is 5.16. The van der Waals surface area contributed by atoms with Crippen molar-refractivity contribution in [1.82, 2.24) is 5.31 Å². The van der Waals surface area contributed by atoms with Gasteiger partial charge in [0.15, 0.2) is 0 Å². The molecule has 0 saturated carbocycles. The van der Waals surface area contributed by atoms with Gasteiger partial charge in [0, 0.05) is 6.42 Å². The third kappa shape index (κ3) is 5.56. The van der Waals surface area contributed by atoms with Crippen LogP contribution in [0.3, 0.4) is 0 Å². The topological polar surface area (TPSA) is 38.3 Å². The largest absolute Gasteiger partial charge is 0.466 e. The lowest BCUT2D eigenvalue weighted by molar-refractivity contribution is -0.143. The zero-order valence-electron chi connectivity index (χ0n) is 7.59. The van der Waals surface area contributed by atoms with Crippen LogP contribution >= 0.6 is 0 Å². The van der Waals surface area contributed by atoms with Crippen LogP contribution in [0.2, 0.25) is 1.41 Å². The Morgan fingerprint density at radius 2 is 2.50 bits per heavy atom. The van der Waals surface area contributed by atoms with Gasteiger partial charge in [-0.3, -0.25) is 4.79 Å². The van der Waals surface area contributed by atoms with Crippen molar-refractivity contribution in [2.45, 2.75) is 19.8 Å². The van der Waals surface area contributed by atoms with Gasteiger partial charge in [0.05, 0.1) is 6.61 Å². The molecule has 0 fully saturated rings. The number of rotatable bonds is 5. The van der Waals surface area contributed by atoms with Crippen molar-refractivity contribution < 1.29 is 10.9 Å². The van der Waals surface area contributed by atoms with E-state index in [9.17, 15) is 4.79 Å². The van der Waals surface area contributed by atoms with E-state index >= 15 is 0 Å². The first-order valence-electron chi connectivity index (χ1n) is 3.97. The molecule has 0 aromatic rings. The van der Waals surface area contributed by atoms with Crippen LogP contribution in [0, 0.1) is 0 Å². The van der Waals surface area contributed by atoms with E-state index in [1.54, 1.807) is 14.0 Å². The van der Waals surface area contributed by atoms with Gasteiger partial charge >= 0.3 is 5.97 Å². The fourth-order valence-corrected chi connectivity index (χ4v) is 0.615. The normalized spacial score (nSPS) is 11.3. The fraction of sp³-hybridized carbons (Fsp3) is 0.857. The highest BCUT2D eigenvalue weighted by Crippen LogP contribution is 1.90. The fourth-order valence-electron chi connectivity index (χ4n) is 0.615. The molecular weight excluding hydrogens is 130 g/mol. The van der Waals surface area contributed by atoms with E-state index in [2.05, 4.69) is 0 Å². The number of carbonyl (C=O) groups is 1. The maximum atomic E-state index is 10.7. The molecule has 0 bridgehead atoms. The second-order valence-electron chi connectivity index (χ2n) is 1.95.